The van der Waals surface area contributed by atoms with Crippen LogP contribution in [-0.2, 0) is 0 Å². The van der Waals surface area contributed by atoms with E-state index in [9.17, 15) is 9.90 Å². The minimum atomic E-state index is -0.412. The average molecular weight is 266 g/mol. The van der Waals surface area contributed by atoms with Crippen LogP contribution in [0.5, 0.6) is 5.75 Å². The van der Waals surface area contributed by atoms with Gasteiger partial charge in [0.2, 0.25) is 0 Å². The second-order valence-electron chi connectivity index (χ2n) is 3.62. The van der Waals surface area contributed by atoms with Crippen LogP contribution >= 0.6 is 11.3 Å². The van der Waals surface area contributed by atoms with Crippen LogP contribution in [0.15, 0.2) is 51.0 Å². The molecule has 18 heavy (non-hydrogen) atoms. The minimum Gasteiger partial charge on any atom is -0.872 e. The van der Waals surface area contributed by atoms with Gasteiger partial charge in [-0.15, -0.1) is 17.1 Å². The van der Waals surface area contributed by atoms with Gasteiger partial charge in [0, 0.05) is 10.3 Å². The van der Waals surface area contributed by atoms with E-state index >= 15 is 0 Å². The summed E-state index contributed by atoms with van der Waals surface area (Å²) < 4.78 is 5.15. The van der Waals surface area contributed by atoms with E-state index in [4.69, 9.17) is 4.42 Å². The van der Waals surface area contributed by atoms with Crippen molar-refractivity contribution in [3.05, 3.63) is 52.2 Å². The molecule has 0 unspecified atom stereocenters. The standard InChI is InChI=1S/C13H8O3S.Na/c14-9-4-3-8-6-10(12-2-1-5-17-12)13(15)16-11(8)7-9;/h1-7,14H;/q;+1/p-1. The number of fused-ring (bicyclic) bond motifs is 1. The van der Waals surface area contributed by atoms with Crippen molar-refractivity contribution in [3.8, 4) is 16.2 Å². The Morgan fingerprint density at radius 2 is 2.00 bits per heavy atom. The zero-order valence-electron chi connectivity index (χ0n) is 9.67. The monoisotopic (exact) mass is 266 g/mol. The Balaban J connectivity index is 0.00000120. The molecule has 0 saturated carbocycles. The molecule has 3 rings (SSSR count). The largest absolute Gasteiger partial charge is 1.00 e. The molecule has 0 spiro atoms. The van der Waals surface area contributed by atoms with Gasteiger partial charge >= 0.3 is 35.2 Å². The van der Waals surface area contributed by atoms with Crippen LogP contribution in [0.25, 0.3) is 21.4 Å². The van der Waals surface area contributed by atoms with Crippen LogP contribution in [0.1, 0.15) is 0 Å². The Morgan fingerprint density at radius 3 is 2.72 bits per heavy atom. The molecule has 84 valence electrons. The predicted molar refractivity (Wildman–Crippen MR) is 65.2 cm³/mol. The molecule has 0 saturated heterocycles. The fourth-order valence-corrected chi connectivity index (χ4v) is 2.43. The van der Waals surface area contributed by atoms with Gasteiger partial charge in [-0.2, -0.15) is 0 Å². The number of hydrogen-bond acceptors (Lipinski definition) is 4. The Kier molecular flexibility index (Phi) is 3.92. The maximum absolute atomic E-state index is 11.8. The zero-order chi connectivity index (χ0) is 11.8. The summed E-state index contributed by atoms with van der Waals surface area (Å²) in [6.07, 6.45) is 0. The molecule has 0 amide bonds. The molecule has 0 aliphatic heterocycles. The van der Waals surface area contributed by atoms with Gasteiger partial charge < -0.3 is 9.52 Å². The van der Waals surface area contributed by atoms with Crippen LogP contribution in [0.2, 0.25) is 0 Å². The first-order valence-electron chi connectivity index (χ1n) is 5.03. The molecule has 5 heteroatoms. The molecule has 3 nitrogen and oxygen atoms in total. The first-order valence-corrected chi connectivity index (χ1v) is 5.91. The third kappa shape index (κ3) is 2.37. The van der Waals surface area contributed by atoms with Crippen molar-refractivity contribution in [3.63, 3.8) is 0 Å². The second-order valence-corrected chi connectivity index (χ2v) is 4.57. The zero-order valence-corrected chi connectivity index (χ0v) is 12.5. The van der Waals surface area contributed by atoms with Gasteiger partial charge in [0.05, 0.1) is 5.56 Å². The molecule has 2 aromatic heterocycles. The van der Waals surface area contributed by atoms with Crippen molar-refractivity contribution in [1.82, 2.24) is 0 Å². The van der Waals surface area contributed by atoms with E-state index in [1.165, 1.54) is 23.5 Å². The van der Waals surface area contributed by atoms with Crippen LogP contribution in [0.3, 0.4) is 0 Å². The summed E-state index contributed by atoms with van der Waals surface area (Å²) in [4.78, 5) is 12.6. The Labute approximate surface area is 129 Å². The third-order valence-corrected chi connectivity index (χ3v) is 3.40. The summed E-state index contributed by atoms with van der Waals surface area (Å²) in [6, 6.07) is 9.95. The first-order chi connectivity index (χ1) is 8.24. The van der Waals surface area contributed by atoms with E-state index < -0.39 is 5.63 Å². The van der Waals surface area contributed by atoms with Crippen LogP contribution in [0.4, 0.5) is 0 Å². The summed E-state index contributed by atoms with van der Waals surface area (Å²) in [7, 11) is 0. The number of thiophene rings is 1. The first kappa shape index (κ1) is 13.4. The van der Waals surface area contributed by atoms with Crippen molar-refractivity contribution in [2.45, 2.75) is 0 Å². The smallest absolute Gasteiger partial charge is 0.872 e. The summed E-state index contributed by atoms with van der Waals surface area (Å²) >= 11 is 1.48. The molecule has 0 N–H and O–H groups in total. The minimum absolute atomic E-state index is 0. The van der Waals surface area contributed by atoms with E-state index in [-0.39, 0.29) is 35.3 Å². The Bertz CT molecular complexity index is 732. The van der Waals surface area contributed by atoms with Crippen LogP contribution < -0.4 is 40.3 Å². The van der Waals surface area contributed by atoms with E-state index in [0.717, 1.165) is 10.3 Å². The van der Waals surface area contributed by atoms with Crippen molar-refractivity contribution in [1.29, 1.82) is 0 Å². The molecule has 2 heterocycles. The van der Waals surface area contributed by atoms with E-state index in [2.05, 4.69) is 0 Å². The summed E-state index contributed by atoms with van der Waals surface area (Å²) in [5, 5.41) is 13.8. The number of benzene rings is 1. The molecular formula is C13H7NaO3S. The quantitative estimate of drug-likeness (QED) is 0.445. The number of hydrogen-bond donors (Lipinski definition) is 0. The van der Waals surface area contributed by atoms with Gasteiger partial charge in [0.25, 0.3) is 0 Å². The number of rotatable bonds is 1. The predicted octanol–water partition coefficient (Wildman–Crippen LogP) is -0.401. The van der Waals surface area contributed by atoms with Crippen molar-refractivity contribution in [2.75, 3.05) is 0 Å². The summed E-state index contributed by atoms with van der Waals surface area (Å²) in [5.74, 6) is -0.162. The summed E-state index contributed by atoms with van der Waals surface area (Å²) in [6.45, 7) is 0. The molecule has 3 aromatic rings. The molecule has 0 atom stereocenters. The van der Waals surface area contributed by atoms with Gasteiger partial charge in [0.15, 0.2) is 0 Å². The van der Waals surface area contributed by atoms with Gasteiger partial charge in [-0.05, 0) is 23.6 Å². The third-order valence-electron chi connectivity index (χ3n) is 2.49. The maximum Gasteiger partial charge on any atom is 1.00 e. The van der Waals surface area contributed by atoms with E-state index in [1.54, 1.807) is 12.1 Å². The van der Waals surface area contributed by atoms with Gasteiger partial charge in [-0.3, -0.25) is 0 Å². The molecule has 0 aliphatic rings. The van der Waals surface area contributed by atoms with E-state index in [1.807, 2.05) is 17.5 Å². The normalized spacial score (nSPS) is 10.2. The SMILES string of the molecule is O=c1oc2cc([O-])ccc2cc1-c1cccs1.[Na+]. The van der Waals surface area contributed by atoms with E-state index in [0.29, 0.717) is 11.1 Å². The maximum atomic E-state index is 11.8. The van der Waals surface area contributed by atoms with Crippen molar-refractivity contribution >= 4 is 22.3 Å². The summed E-state index contributed by atoms with van der Waals surface area (Å²) in [5.41, 5.74) is 0.458. The topological polar surface area (TPSA) is 53.3 Å². The van der Waals surface area contributed by atoms with Gasteiger partial charge in [-0.1, -0.05) is 18.2 Å². The van der Waals surface area contributed by atoms with Crippen molar-refractivity contribution < 1.29 is 39.1 Å². The molecule has 0 radical (unpaired) electrons. The fraction of sp³-hybridized carbons (Fsp3) is 0. The van der Waals surface area contributed by atoms with Gasteiger partial charge in [-0.25, -0.2) is 4.79 Å². The van der Waals surface area contributed by atoms with Crippen molar-refractivity contribution in [2.24, 2.45) is 0 Å². The molecule has 0 bridgehead atoms. The average Bonchev–Trinajstić information content (AvgIpc) is 2.81. The van der Waals surface area contributed by atoms with Gasteiger partial charge in [0.1, 0.15) is 5.58 Å². The molecule has 0 aliphatic carbocycles. The molecule has 1 aromatic carbocycles. The fourth-order valence-electron chi connectivity index (χ4n) is 1.70. The second kappa shape index (κ2) is 5.28. The van der Waals surface area contributed by atoms with Crippen LogP contribution in [-0.4, -0.2) is 0 Å². The molecule has 0 fully saturated rings. The molecular weight excluding hydrogens is 259 g/mol. The van der Waals surface area contributed by atoms with Crippen LogP contribution in [0, 0.1) is 0 Å². The Morgan fingerprint density at radius 1 is 1.17 bits per heavy atom. The Hall–Kier alpha value is -1.07.